The minimum absolute atomic E-state index is 0.302. The molecular weight excluding hydrogens is 224 g/mol. The monoisotopic (exact) mass is 246 g/mol. The molecule has 0 spiro atoms. The van der Waals surface area contributed by atoms with E-state index >= 15 is 0 Å². The highest BCUT2D eigenvalue weighted by Crippen LogP contribution is 2.24. The molecule has 0 amide bonds. The van der Waals surface area contributed by atoms with Crippen molar-refractivity contribution in [1.29, 1.82) is 0 Å². The highest BCUT2D eigenvalue weighted by Gasteiger charge is 2.23. The lowest BCUT2D eigenvalue weighted by molar-refractivity contribution is 0.108. The third-order valence-electron chi connectivity index (χ3n) is 3.71. The Hall–Kier alpha value is -1.51. The lowest BCUT2D eigenvalue weighted by Crippen LogP contribution is -2.40. The first-order chi connectivity index (χ1) is 8.59. The normalized spacial score (nSPS) is 25.3. The zero-order chi connectivity index (χ0) is 13.1. The van der Waals surface area contributed by atoms with E-state index < -0.39 is 0 Å². The van der Waals surface area contributed by atoms with Crippen LogP contribution in [0.15, 0.2) is 29.4 Å². The third kappa shape index (κ3) is 2.66. The summed E-state index contributed by atoms with van der Waals surface area (Å²) in [6.07, 6.45) is 3.67. The summed E-state index contributed by atoms with van der Waals surface area (Å²) < 4.78 is 0. The van der Waals surface area contributed by atoms with Crippen LogP contribution in [-0.2, 0) is 0 Å². The van der Waals surface area contributed by atoms with Gasteiger partial charge in [0.1, 0.15) is 5.75 Å². The van der Waals surface area contributed by atoms with Gasteiger partial charge in [-0.3, -0.25) is 5.01 Å². The van der Waals surface area contributed by atoms with Crippen molar-refractivity contribution >= 4 is 5.71 Å². The van der Waals surface area contributed by atoms with Gasteiger partial charge in [0.25, 0.3) is 0 Å². The summed E-state index contributed by atoms with van der Waals surface area (Å²) in [6.45, 7) is 6.40. The predicted octanol–water partition coefficient (Wildman–Crippen LogP) is 3.38. The van der Waals surface area contributed by atoms with Crippen molar-refractivity contribution in [3.05, 3.63) is 29.8 Å². The maximum Gasteiger partial charge on any atom is 0.124 e. The van der Waals surface area contributed by atoms with Crippen LogP contribution in [0.2, 0.25) is 0 Å². The standard InChI is InChI=1S/C15H22N2O/c1-11-7-6-8-12(2)17(11)16-13(3)14-9-4-5-10-15(14)18/h4-5,9-12,18H,6-8H2,1-3H3/b16-13+. The zero-order valence-electron chi connectivity index (χ0n) is 11.4. The van der Waals surface area contributed by atoms with Crippen molar-refractivity contribution < 1.29 is 5.11 Å². The minimum atomic E-state index is 0.302. The molecule has 1 aliphatic rings. The molecule has 0 saturated carbocycles. The van der Waals surface area contributed by atoms with E-state index in [1.165, 1.54) is 19.3 Å². The van der Waals surface area contributed by atoms with Crippen molar-refractivity contribution in [3.8, 4) is 5.75 Å². The number of hydrogen-bond donors (Lipinski definition) is 1. The van der Waals surface area contributed by atoms with Crippen LogP contribution >= 0.6 is 0 Å². The first kappa shape index (κ1) is 12.9. The summed E-state index contributed by atoms with van der Waals surface area (Å²) in [5.74, 6) is 0.302. The van der Waals surface area contributed by atoms with E-state index in [-0.39, 0.29) is 0 Å². The van der Waals surface area contributed by atoms with Gasteiger partial charge < -0.3 is 5.11 Å². The predicted molar refractivity (Wildman–Crippen MR) is 74.9 cm³/mol. The van der Waals surface area contributed by atoms with Crippen molar-refractivity contribution in [3.63, 3.8) is 0 Å². The molecule has 0 radical (unpaired) electrons. The van der Waals surface area contributed by atoms with Crippen LogP contribution in [0.5, 0.6) is 5.75 Å². The molecule has 3 nitrogen and oxygen atoms in total. The number of aromatic hydroxyl groups is 1. The number of nitrogens with zero attached hydrogens (tertiary/aromatic N) is 2. The Morgan fingerprint density at radius 3 is 2.44 bits per heavy atom. The van der Waals surface area contributed by atoms with Crippen LogP contribution in [-0.4, -0.2) is 27.9 Å². The molecule has 1 aliphatic heterocycles. The van der Waals surface area contributed by atoms with Gasteiger partial charge in [0.05, 0.1) is 5.71 Å². The summed E-state index contributed by atoms with van der Waals surface area (Å²) in [6, 6.07) is 8.34. The smallest absolute Gasteiger partial charge is 0.124 e. The van der Waals surface area contributed by atoms with Gasteiger partial charge in [0.15, 0.2) is 0 Å². The summed E-state index contributed by atoms with van der Waals surface area (Å²) in [7, 11) is 0. The largest absolute Gasteiger partial charge is 0.507 e. The first-order valence-electron chi connectivity index (χ1n) is 6.71. The second kappa shape index (κ2) is 5.42. The highest BCUT2D eigenvalue weighted by molar-refractivity contribution is 6.00. The first-order valence-corrected chi connectivity index (χ1v) is 6.71. The number of hydrazone groups is 1. The molecule has 18 heavy (non-hydrogen) atoms. The van der Waals surface area contributed by atoms with Crippen LogP contribution in [0, 0.1) is 0 Å². The molecule has 0 aliphatic carbocycles. The van der Waals surface area contributed by atoms with Crippen molar-refractivity contribution in [1.82, 2.24) is 5.01 Å². The fraction of sp³-hybridized carbons (Fsp3) is 0.533. The van der Waals surface area contributed by atoms with E-state index in [0.717, 1.165) is 11.3 Å². The van der Waals surface area contributed by atoms with E-state index in [2.05, 4.69) is 18.9 Å². The van der Waals surface area contributed by atoms with Crippen molar-refractivity contribution in [2.75, 3.05) is 0 Å². The number of benzene rings is 1. The molecule has 1 heterocycles. The zero-order valence-corrected chi connectivity index (χ0v) is 11.4. The summed E-state index contributed by atoms with van der Waals surface area (Å²) in [5.41, 5.74) is 1.70. The van der Waals surface area contributed by atoms with Gasteiger partial charge in [-0.25, -0.2) is 0 Å². The van der Waals surface area contributed by atoms with Gasteiger partial charge in [0, 0.05) is 17.6 Å². The van der Waals surface area contributed by atoms with Gasteiger partial charge in [-0.1, -0.05) is 12.1 Å². The quantitative estimate of drug-likeness (QED) is 0.812. The maximum atomic E-state index is 9.84. The van der Waals surface area contributed by atoms with Gasteiger partial charge in [-0.05, 0) is 52.2 Å². The second-order valence-electron chi connectivity index (χ2n) is 5.21. The van der Waals surface area contributed by atoms with E-state index in [1.54, 1.807) is 6.07 Å². The molecule has 0 bridgehead atoms. The number of rotatable bonds is 2. The molecule has 1 fully saturated rings. The molecule has 1 saturated heterocycles. The fourth-order valence-corrected chi connectivity index (χ4v) is 2.61. The van der Waals surface area contributed by atoms with E-state index in [0.29, 0.717) is 17.8 Å². The number of para-hydroxylation sites is 1. The van der Waals surface area contributed by atoms with Gasteiger partial charge in [-0.2, -0.15) is 5.10 Å². The highest BCUT2D eigenvalue weighted by atomic mass is 16.3. The van der Waals surface area contributed by atoms with Crippen LogP contribution in [0.3, 0.4) is 0 Å². The Labute approximate surface area is 109 Å². The molecular formula is C15H22N2O. The average Bonchev–Trinajstić information content (AvgIpc) is 2.34. The molecule has 2 rings (SSSR count). The van der Waals surface area contributed by atoms with E-state index in [9.17, 15) is 5.11 Å². The van der Waals surface area contributed by atoms with Gasteiger partial charge >= 0.3 is 0 Å². The number of phenolic OH excluding ortho intramolecular Hbond substituents is 1. The molecule has 2 atom stereocenters. The topological polar surface area (TPSA) is 35.8 Å². The lowest BCUT2D eigenvalue weighted by atomic mass is 10.00. The average molecular weight is 246 g/mol. The Morgan fingerprint density at radius 1 is 1.22 bits per heavy atom. The Morgan fingerprint density at radius 2 is 1.83 bits per heavy atom. The number of hydrogen-bond acceptors (Lipinski definition) is 3. The fourth-order valence-electron chi connectivity index (χ4n) is 2.61. The summed E-state index contributed by atoms with van der Waals surface area (Å²) >= 11 is 0. The Kier molecular flexibility index (Phi) is 3.90. The van der Waals surface area contributed by atoms with E-state index in [4.69, 9.17) is 5.10 Å². The SMILES string of the molecule is C/C(=N\N1C(C)CCCC1C)c1ccccc1O. The molecule has 0 aromatic heterocycles. The number of phenols is 1. The maximum absolute atomic E-state index is 9.84. The Balaban J connectivity index is 2.24. The number of piperidine rings is 1. The molecule has 1 N–H and O–H groups in total. The van der Waals surface area contributed by atoms with Crippen molar-refractivity contribution in [2.24, 2.45) is 5.10 Å². The molecule has 1 aromatic carbocycles. The summed E-state index contributed by atoms with van der Waals surface area (Å²) in [5, 5.41) is 16.7. The molecule has 3 heteroatoms. The molecule has 2 unspecified atom stereocenters. The van der Waals surface area contributed by atoms with E-state index in [1.807, 2.05) is 25.1 Å². The van der Waals surface area contributed by atoms with Crippen LogP contribution in [0.25, 0.3) is 0 Å². The van der Waals surface area contributed by atoms with Gasteiger partial charge in [-0.15, -0.1) is 0 Å². The minimum Gasteiger partial charge on any atom is -0.507 e. The molecule has 98 valence electrons. The third-order valence-corrected chi connectivity index (χ3v) is 3.71. The van der Waals surface area contributed by atoms with Crippen LogP contribution in [0.4, 0.5) is 0 Å². The summed E-state index contributed by atoms with van der Waals surface area (Å²) in [4.78, 5) is 0. The lowest BCUT2D eigenvalue weighted by Gasteiger charge is -2.37. The van der Waals surface area contributed by atoms with Crippen LogP contribution < -0.4 is 0 Å². The van der Waals surface area contributed by atoms with Gasteiger partial charge in [0.2, 0.25) is 0 Å². The second-order valence-corrected chi connectivity index (χ2v) is 5.21. The Bertz CT molecular complexity index is 432. The molecule has 1 aromatic rings. The van der Waals surface area contributed by atoms with Crippen molar-refractivity contribution in [2.45, 2.75) is 52.1 Å². The van der Waals surface area contributed by atoms with Crippen LogP contribution in [0.1, 0.15) is 45.6 Å².